The normalized spacial score (nSPS) is 16.7. The second kappa shape index (κ2) is 8.25. The van der Waals surface area contributed by atoms with E-state index in [4.69, 9.17) is 21.1 Å². The molecule has 0 amide bonds. The van der Waals surface area contributed by atoms with Gasteiger partial charge in [-0.25, -0.2) is 0 Å². The molecule has 1 aliphatic heterocycles. The molecule has 0 atom stereocenters. The Bertz CT molecular complexity index is 441. The molecule has 0 aromatic heterocycles. The van der Waals surface area contributed by atoms with Gasteiger partial charge in [0.1, 0.15) is 5.75 Å². The van der Waals surface area contributed by atoms with E-state index in [0.29, 0.717) is 6.61 Å². The first-order valence-corrected chi connectivity index (χ1v) is 7.75. The minimum atomic E-state index is -0.0688. The third-order valence-corrected chi connectivity index (χ3v) is 4.08. The van der Waals surface area contributed by atoms with E-state index < -0.39 is 0 Å². The highest BCUT2D eigenvalue weighted by molar-refractivity contribution is 6.30. The number of hydrogen-bond acceptors (Lipinski definition) is 4. The summed E-state index contributed by atoms with van der Waals surface area (Å²) in [7, 11) is 1.46. The SMILES string of the molecule is COC(=O)C1CCN(CCCOc2ccc(Cl)cc2)CC1. The van der Waals surface area contributed by atoms with Crippen molar-refractivity contribution >= 4 is 17.6 Å². The van der Waals surface area contributed by atoms with Gasteiger partial charge in [0, 0.05) is 11.6 Å². The summed E-state index contributed by atoms with van der Waals surface area (Å²) in [5, 5.41) is 0.718. The second-order valence-corrected chi connectivity index (χ2v) is 5.73. The molecule has 0 aliphatic carbocycles. The van der Waals surface area contributed by atoms with E-state index in [2.05, 4.69) is 4.90 Å². The van der Waals surface area contributed by atoms with Gasteiger partial charge >= 0.3 is 5.97 Å². The zero-order valence-corrected chi connectivity index (χ0v) is 13.1. The van der Waals surface area contributed by atoms with Crippen LogP contribution in [0.4, 0.5) is 0 Å². The Balaban J connectivity index is 1.60. The number of methoxy groups -OCH3 is 1. The molecule has 0 radical (unpaired) electrons. The van der Waals surface area contributed by atoms with Crippen LogP contribution in [0.3, 0.4) is 0 Å². The molecule has 0 N–H and O–H groups in total. The first-order chi connectivity index (χ1) is 10.2. The minimum Gasteiger partial charge on any atom is -0.494 e. The van der Waals surface area contributed by atoms with E-state index in [-0.39, 0.29) is 11.9 Å². The van der Waals surface area contributed by atoms with Crippen molar-refractivity contribution in [3.63, 3.8) is 0 Å². The number of esters is 1. The number of nitrogens with zero attached hydrogens (tertiary/aromatic N) is 1. The zero-order valence-electron chi connectivity index (χ0n) is 12.4. The molecule has 1 aromatic rings. The molecule has 1 aliphatic rings. The van der Waals surface area contributed by atoms with Crippen LogP contribution in [0.15, 0.2) is 24.3 Å². The molecule has 116 valence electrons. The summed E-state index contributed by atoms with van der Waals surface area (Å²) in [4.78, 5) is 13.8. The number of halogens is 1. The van der Waals surface area contributed by atoms with Crippen LogP contribution in [0.25, 0.3) is 0 Å². The van der Waals surface area contributed by atoms with Crippen molar-refractivity contribution < 1.29 is 14.3 Å². The lowest BCUT2D eigenvalue weighted by Crippen LogP contribution is -2.37. The Labute approximate surface area is 131 Å². The molecule has 21 heavy (non-hydrogen) atoms. The molecule has 1 fully saturated rings. The van der Waals surface area contributed by atoms with Crippen LogP contribution in [0.2, 0.25) is 5.02 Å². The molecule has 0 saturated carbocycles. The average Bonchev–Trinajstić information content (AvgIpc) is 2.53. The number of rotatable bonds is 6. The van der Waals surface area contributed by atoms with Crippen LogP contribution in [0.5, 0.6) is 5.75 Å². The molecule has 0 spiro atoms. The summed E-state index contributed by atoms with van der Waals surface area (Å²) >= 11 is 5.82. The Morgan fingerprint density at radius 2 is 1.95 bits per heavy atom. The lowest BCUT2D eigenvalue weighted by atomic mass is 9.97. The second-order valence-electron chi connectivity index (χ2n) is 5.30. The third kappa shape index (κ3) is 5.21. The highest BCUT2D eigenvalue weighted by Crippen LogP contribution is 2.19. The molecule has 1 heterocycles. The van der Waals surface area contributed by atoms with Crippen molar-refractivity contribution in [3.05, 3.63) is 29.3 Å². The van der Waals surface area contributed by atoms with Crippen molar-refractivity contribution in [2.24, 2.45) is 5.92 Å². The number of likely N-dealkylation sites (tertiary alicyclic amines) is 1. The predicted octanol–water partition coefficient (Wildman–Crippen LogP) is 2.99. The van der Waals surface area contributed by atoms with E-state index in [1.165, 1.54) is 7.11 Å². The number of benzene rings is 1. The summed E-state index contributed by atoms with van der Waals surface area (Å²) < 4.78 is 10.5. The van der Waals surface area contributed by atoms with Crippen LogP contribution < -0.4 is 4.74 Å². The fraction of sp³-hybridized carbons (Fsp3) is 0.562. The van der Waals surface area contributed by atoms with Gasteiger partial charge in [-0.3, -0.25) is 4.79 Å². The Hall–Kier alpha value is -1.26. The van der Waals surface area contributed by atoms with Crippen LogP contribution in [-0.4, -0.2) is 44.2 Å². The van der Waals surface area contributed by atoms with Gasteiger partial charge in [0.05, 0.1) is 19.6 Å². The van der Waals surface area contributed by atoms with Gasteiger partial charge in [-0.1, -0.05) is 11.6 Å². The van der Waals surface area contributed by atoms with Gasteiger partial charge in [0.2, 0.25) is 0 Å². The molecule has 4 nitrogen and oxygen atoms in total. The van der Waals surface area contributed by atoms with Crippen molar-refractivity contribution in [3.8, 4) is 5.75 Å². The van der Waals surface area contributed by atoms with Crippen molar-refractivity contribution in [2.75, 3.05) is 33.4 Å². The summed E-state index contributed by atoms with van der Waals surface area (Å²) in [6.07, 6.45) is 2.76. The maximum absolute atomic E-state index is 11.4. The third-order valence-electron chi connectivity index (χ3n) is 3.82. The first-order valence-electron chi connectivity index (χ1n) is 7.37. The largest absolute Gasteiger partial charge is 0.494 e. The number of carbonyl (C=O) groups excluding carboxylic acids is 1. The summed E-state index contributed by atoms with van der Waals surface area (Å²) in [5.74, 6) is 0.862. The van der Waals surface area contributed by atoms with Gasteiger partial charge in [0.25, 0.3) is 0 Å². The first kappa shape index (κ1) is 16.1. The topological polar surface area (TPSA) is 38.8 Å². The lowest BCUT2D eigenvalue weighted by Gasteiger charge is -2.30. The van der Waals surface area contributed by atoms with Gasteiger partial charge in [0.15, 0.2) is 0 Å². The smallest absolute Gasteiger partial charge is 0.308 e. The molecule has 1 aromatic carbocycles. The maximum Gasteiger partial charge on any atom is 0.308 e. The van der Waals surface area contributed by atoms with E-state index in [9.17, 15) is 4.79 Å². The van der Waals surface area contributed by atoms with Crippen molar-refractivity contribution in [2.45, 2.75) is 19.3 Å². The number of ether oxygens (including phenoxy) is 2. The average molecular weight is 312 g/mol. The van der Waals surface area contributed by atoms with E-state index in [1.807, 2.05) is 24.3 Å². The Kier molecular flexibility index (Phi) is 6.33. The fourth-order valence-corrected chi connectivity index (χ4v) is 2.69. The minimum absolute atomic E-state index is 0.0688. The van der Waals surface area contributed by atoms with Crippen molar-refractivity contribution in [1.29, 1.82) is 0 Å². The number of carbonyl (C=O) groups is 1. The molecular weight excluding hydrogens is 290 g/mol. The van der Waals surface area contributed by atoms with Gasteiger partial charge in [-0.05, 0) is 56.6 Å². The van der Waals surface area contributed by atoms with Gasteiger partial charge in [-0.15, -0.1) is 0 Å². The van der Waals surface area contributed by atoms with Gasteiger partial charge < -0.3 is 14.4 Å². The maximum atomic E-state index is 11.4. The van der Waals surface area contributed by atoms with Gasteiger partial charge in [-0.2, -0.15) is 0 Å². The fourth-order valence-electron chi connectivity index (χ4n) is 2.57. The van der Waals surface area contributed by atoms with Crippen LogP contribution >= 0.6 is 11.6 Å². The van der Waals surface area contributed by atoms with Crippen LogP contribution in [0.1, 0.15) is 19.3 Å². The Morgan fingerprint density at radius 1 is 1.29 bits per heavy atom. The molecule has 2 rings (SSSR count). The standard InChI is InChI=1S/C16H22ClNO3/c1-20-16(19)13-7-10-18(11-8-13)9-2-12-21-15-5-3-14(17)4-6-15/h3-6,13H,2,7-12H2,1H3. The molecule has 1 saturated heterocycles. The van der Waals surface area contributed by atoms with E-state index in [0.717, 1.165) is 49.7 Å². The summed E-state index contributed by atoms with van der Waals surface area (Å²) in [6.45, 7) is 3.61. The van der Waals surface area contributed by atoms with Crippen LogP contribution in [0, 0.1) is 5.92 Å². The number of hydrogen-bond donors (Lipinski definition) is 0. The quantitative estimate of drug-likeness (QED) is 0.598. The molecule has 5 heteroatoms. The van der Waals surface area contributed by atoms with Crippen LogP contribution in [-0.2, 0) is 9.53 Å². The molecule has 0 bridgehead atoms. The summed E-state index contributed by atoms with van der Waals surface area (Å²) in [6, 6.07) is 7.41. The van der Waals surface area contributed by atoms with E-state index >= 15 is 0 Å². The van der Waals surface area contributed by atoms with E-state index in [1.54, 1.807) is 0 Å². The predicted molar refractivity (Wildman–Crippen MR) is 82.7 cm³/mol. The lowest BCUT2D eigenvalue weighted by molar-refractivity contribution is -0.147. The molecular formula is C16H22ClNO3. The Morgan fingerprint density at radius 3 is 2.57 bits per heavy atom. The monoisotopic (exact) mass is 311 g/mol. The number of piperidine rings is 1. The molecule has 0 unspecified atom stereocenters. The summed E-state index contributed by atoms with van der Waals surface area (Å²) in [5.41, 5.74) is 0. The zero-order chi connectivity index (χ0) is 15.1. The highest BCUT2D eigenvalue weighted by Gasteiger charge is 2.25. The van der Waals surface area contributed by atoms with Crippen molar-refractivity contribution in [1.82, 2.24) is 4.90 Å². The highest BCUT2D eigenvalue weighted by atomic mass is 35.5.